The number of hydrogen-bond acceptors (Lipinski definition) is 2. The van der Waals surface area contributed by atoms with Crippen LogP contribution in [0.3, 0.4) is 0 Å². The summed E-state index contributed by atoms with van der Waals surface area (Å²) in [5.74, 6) is 0.703. The van der Waals surface area contributed by atoms with E-state index in [0.29, 0.717) is 12.3 Å². The van der Waals surface area contributed by atoms with Gasteiger partial charge in [0.15, 0.2) is 0 Å². The van der Waals surface area contributed by atoms with Crippen LogP contribution in [0.25, 0.3) is 0 Å². The van der Waals surface area contributed by atoms with Crippen molar-refractivity contribution in [3.8, 4) is 0 Å². The third-order valence-corrected chi connectivity index (χ3v) is 6.35. The van der Waals surface area contributed by atoms with E-state index in [1.807, 2.05) is 30.3 Å². The molecule has 0 spiro atoms. The Morgan fingerprint density at radius 2 is 1.81 bits per heavy atom. The van der Waals surface area contributed by atoms with Crippen molar-refractivity contribution in [3.63, 3.8) is 0 Å². The van der Waals surface area contributed by atoms with Gasteiger partial charge < -0.3 is 5.32 Å². The molecule has 2 aromatic rings. The van der Waals surface area contributed by atoms with Crippen molar-refractivity contribution in [2.24, 2.45) is 0 Å². The lowest BCUT2D eigenvalue weighted by Crippen LogP contribution is -2.35. The molecule has 27 heavy (non-hydrogen) atoms. The van der Waals surface area contributed by atoms with E-state index in [2.05, 4.69) is 41.4 Å². The normalized spacial score (nSPS) is 25.6. The van der Waals surface area contributed by atoms with E-state index in [1.165, 1.54) is 44.2 Å². The highest BCUT2D eigenvalue weighted by atomic mass is 16.1. The standard InChI is InChI=1S/C24H30N2O/c1-18-6-5-15-26(18)23-14-11-21(17-23)20-9-12-22(13-10-20)25-24(27)16-19-7-3-2-4-8-19/h2-4,7-10,12-13,18,21,23H,5-6,11,14-17H2,1H3,(H,25,27)/t18-,21-,23-/m0/s1. The molecular weight excluding hydrogens is 332 g/mol. The van der Waals surface area contributed by atoms with Crippen LogP contribution in [0.1, 0.15) is 56.1 Å². The smallest absolute Gasteiger partial charge is 0.228 e. The summed E-state index contributed by atoms with van der Waals surface area (Å²) in [7, 11) is 0. The lowest BCUT2D eigenvalue weighted by Gasteiger charge is -2.28. The number of hydrogen-bond donors (Lipinski definition) is 1. The topological polar surface area (TPSA) is 32.3 Å². The third-order valence-electron chi connectivity index (χ3n) is 6.35. The lowest BCUT2D eigenvalue weighted by atomic mass is 9.97. The van der Waals surface area contributed by atoms with Crippen molar-refractivity contribution in [2.45, 2.75) is 63.5 Å². The maximum atomic E-state index is 12.2. The van der Waals surface area contributed by atoms with Gasteiger partial charge >= 0.3 is 0 Å². The van der Waals surface area contributed by atoms with E-state index in [-0.39, 0.29) is 5.91 Å². The second kappa shape index (κ2) is 8.26. The molecule has 3 nitrogen and oxygen atoms in total. The van der Waals surface area contributed by atoms with Gasteiger partial charge in [0.2, 0.25) is 5.91 Å². The highest BCUT2D eigenvalue weighted by Gasteiger charge is 2.34. The van der Waals surface area contributed by atoms with Crippen LogP contribution in [0, 0.1) is 0 Å². The number of likely N-dealkylation sites (tertiary alicyclic amines) is 1. The van der Waals surface area contributed by atoms with Crippen molar-refractivity contribution >= 4 is 11.6 Å². The van der Waals surface area contributed by atoms with Crippen molar-refractivity contribution in [1.29, 1.82) is 0 Å². The summed E-state index contributed by atoms with van der Waals surface area (Å²) in [6.45, 7) is 3.66. The fraction of sp³-hybridized carbons (Fsp3) is 0.458. The van der Waals surface area contributed by atoms with Gasteiger partial charge in [0, 0.05) is 17.8 Å². The maximum Gasteiger partial charge on any atom is 0.228 e. The van der Waals surface area contributed by atoms with E-state index in [9.17, 15) is 4.79 Å². The first-order chi connectivity index (χ1) is 13.2. The molecule has 2 fully saturated rings. The van der Waals surface area contributed by atoms with Gasteiger partial charge in [0.05, 0.1) is 6.42 Å². The van der Waals surface area contributed by atoms with E-state index in [4.69, 9.17) is 0 Å². The third kappa shape index (κ3) is 4.41. The maximum absolute atomic E-state index is 12.2. The van der Waals surface area contributed by atoms with Crippen LogP contribution in [-0.4, -0.2) is 29.4 Å². The first-order valence-corrected chi connectivity index (χ1v) is 10.4. The fourth-order valence-corrected chi connectivity index (χ4v) is 4.88. The number of anilines is 1. The molecule has 1 aliphatic carbocycles. The summed E-state index contributed by atoms with van der Waals surface area (Å²) in [4.78, 5) is 15.0. The lowest BCUT2D eigenvalue weighted by molar-refractivity contribution is -0.115. The Hall–Kier alpha value is -2.13. The number of nitrogens with zero attached hydrogens (tertiary/aromatic N) is 1. The predicted octanol–water partition coefficient (Wildman–Crippen LogP) is 4.99. The highest BCUT2D eigenvalue weighted by molar-refractivity contribution is 5.92. The average molecular weight is 363 g/mol. The number of carbonyl (C=O) groups is 1. The Bertz CT molecular complexity index is 756. The largest absolute Gasteiger partial charge is 0.326 e. The number of carbonyl (C=O) groups excluding carboxylic acids is 1. The molecule has 3 heteroatoms. The van der Waals surface area contributed by atoms with Gasteiger partial charge in [0.25, 0.3) is 0 Å². The highest BCUT2D eigenvalue weighted by Crippen LogP contribution is 2.39. The van der Waals surface area contributed by atoms with Crippen LogP contribution in [-0.2, 0) is 11.2 Å². The quantitative estimate of drug-likeness (QED) is 0.813. The second-order valence-corrected chi connectivity index (χ2v) is 8.23. The van der Waals surface area contributed by atoms with Crippen LogP contribution < -0.4 is 5.32 Å². The molecule has 1 aliphatic heterocycles. The minimum Gasteiger partial charge on any atom is -0.326 e. The Labute approximate surface area is 162 Å². The van der Waals surface area contributed by atoms with Crippen LogP contribution in [0.4, 0.5) is 5.69 Å². The molecule has 1 saturated carbocycles. The molecule has 0 bridgehead atoms. The Morgan fingerprint density at radius 3 is 2.52 bits per heavy atom. The fourth-order valence-electron chi connectivity index (χ4n) is 4.88. The van der Waals surface area contributed by atoms with Crippen LogP contribution >= 0.6 is 0 Å². The zero-order chi connectivity index (χ0) is 18.6. The first-order valence-electron chi connectivity index (χ1n) is 10.4. The van der Waals surface area contributed by atoms with Crippen LogP contribution in [0.5, 0.6) is 0 Å². The van der Waals surface area contributed by atoms with Crippen molar-refractivity contribution in [3.05, 3.63) is 65.7 Å². The Balaban J connectivity index is 1.32. The van der Waals surface area contributed by atoms with Gasteiger partial charge in [0.1, 0.15) is 0 Å². The monoisotopic (exact) mass is 362 g/mol. The molecule has 0 aromatic heterocycles. The average Bonchev–Trinajstić information content (AvgIpc) is 3.32. The van der Waals surface area contributed by atoms with Gasteiger partial charge in [-0.15, -0.1) is 0 Å². The van der Waals surface area contributed by atoms with Gasteiger partial charge in [-0.25, -0.2) is 0 Å². The summed E-state index contributed by atoms with van der Waals surface area (Å²) >= 11 is 0. The minimum atomic E-state index is 0.0397. The number of benzene rings is 2. The van der Waals surface area contributed by atoms with E-state index in [0.717, 1.165) is 23.3 Å². The predicted molar refractivity (Wildman–Crippen MR) is 111 cm³/mol. The SMILES string of the molecule is C[C@H]1CCCN1[C@H]1CC[C@H](c2ccc(NC(=O)Cc3ccccc3)cc2)C1. The molecule has 1 amide bonds. The van der Waals surface area contributed by atoms with Crippen LogP contribution in [0.2, 0.25) is 0 Å². The molecular formula is C24H30N2O. The number of nitrogens with one attached hydrogen (secondary N) is 1. The molecule has 142 valence electrons. The summed E-state index contributed by atoms with van der Waals surface area (Å²) in [5, 5.41) is 3.02. The van der Waals surface area contributed by atoms with E-state index >= 15 is 0 Å². The zero-order valence-corrected chi connectivity index (χ0v) is 16.2. The van der Waals surface area contributed by atoms with Crippen molar-refractivity contribution in [2.75, 3.05) is 11.9 Å². The molecule has 4 rings (SSSR count). The Kier molecular flexibility index (Phi) is 5.58. The van der Waals surface area contributed by atoms with Gasteiger partial charge in [-0.3, -0.25) is 9.69 Å². The van der Waals surface area contributed by atoms with Crippen LogP contribution in [0.15, 0.2) is 54.6 Å². The van der Waals surface area contributed by atoms with E-state index < -0.39 is 0 Å². The second-order valence-electron chi connectivity index (χ2n) is 8.23. The van der Waals surface area contributed by atoms with Gasteiger partial charge in [-0.2, -0.15) is 0 Å². The molecule has 2 aromatic carbocycles. The summed E-state index contributed by atoms with van der Waals surface area (Å²) < 4.78 is 0. The molecule has 3 atom stereocenters. The van der Waals surface area contributed by atoms with Crippen molar-refractivity contribution < 1.29 is 4.79 Å². The molecule has 1 saturated heterocycles. The number of amides is 1. The van der Waals surface area contributed by atoms with Gasteiger partial charge in [-0.05, 0) is 74.8 Å². The molecule has 1 heterocycles. The van der Waals surface area contributed by atoms with Gasteiger partial charge in [-0.1, -0.05) is 42.5 Å². The molecule has 2 aliphatic rings. The summed E-state index contributed by atoms with van der Waals surface area (Å²) in [5.41, 5.74) is 3.35. The minimum absolute atomic E-state index is 0.0397. The number of rotatable bonds is 5. The molecule has 0 radical (unpaired) electrons. The summed E-state index contributed by atoms with van der Waals surface area (Å²) in [6.07, 6.45) is 7.03. The van der Waals surface area contributed by atoms with E-state index in [1.54, 1.807) is 0 Å². The zero-order valence-electron chi connectivity index (χ0n) is 16.2. The van der Waals surface area contributed by atoms with Crippen molar-refractivity contribution in [1.82, 2.24) is 4.90 Å². The summed E-state index contributed by atoms with van der Waals surface area (Å²) in [6, 6.07) is 19.9. The first kappa shape index (κ1) is 18.2. The molecule has 1 N–H and O–H groups in total. The molecule has 0 unspecified atom stereocenters. The Morgan fingerprint density at radius 1 is 1.04 bits per heavy atom.